The van der Waals surface area contributed by atoms with Crippen LogP contribution >= 0.6 is 11.8 Å². The van der Waals surface area contributed by atoms with Crippen LogP contribution in [0.15, 0.2) is 29.2 Å². The maximum atomic E-state index is 9.46. The Labute approximate surface area is 102 Å². The summed E-state index contributed by atoms with van der Waals surface area (Å²) in [5, 5.41) is 12.8. The van der Waals surface area contributed by atoms with Gasteiger partial charge in [-0.25, -0.2) is 0 Å². The fourth-order valence-electron chi connectivity index (χ4n) is 1.28. The summed E-state index contributed by atoms with van der Waals surface area (Å²) in [6.07, 6.45) is 0.636. The minimum Gasteiger partial charge on any atom is -0.392 e. The number of rotatable bonds is 7. The van der Waals surface area contributed by atoms with Gasteiger partial charge in [0.05, 0.1) is 6.10 Å². The summed E-state index contributed by atoms with van der Waals surface area (Å²) in [5.41, 5.74) is 1.31. The van der Waals surface area contributed by atoms with Crippen molar-refractivity contribution in [1.29, 1.82) is 0 Å². The number of benzene rings is 1. The highest BCUT2D eigenvalue weighted by Crippen LogP contribution is 2.19. The van der Waals surface area contributed by atoms with E-state index in [1.807, 2.05) is 6.92 Å². The van der Waals surface area contributed by atoms with Gasteiger partial charge in [-0.15, -0.1) is 11.8 Å². The Hall–Kier alpha value is -0.510. The van der Waals surface area contributed by atoms with Gasteiger partial charge in [-0.2, -0.15) is 0 Å². The molecule has 16 heavy (non-hydrogen) atoms. The molecule has 2 N–H and O–H groups in total. The molecule has 0 saturated heterocycles. The van der Waals surface area contributed by atoms with E-state index in [-0.39, 0.29) is 6.10 Å². The third kappa shape index (κ3) is 5.01. The fourth-order valence-corrected chi connectivity index (χ4v) is 2.23. The van der Waals surface area contributed by atoms with Crippen LogP contribution in [0.1, 0.15) is 25.8 Å². The van der Waals surface area contributed by atoms with Crippen molar-refractivity contribution >= 4 is 11.8 Å². The second-order valence-corrected chi connectivity index (χ2v) is 4.89. The first-order chi connectivity index (χ1) is 7.76. The second kappa shape index (κ2) is 7.71. The Morgan fingerprint density at radius 1 is 1.25 bits per heavy atom. The summed E-state index contributed by atoms with van der Waals surface area (Å²) in [7, 11) is 0. The van der Waals surface area contributed by atoms with Crippen molar-refractivity contribution in [2.75, 3.05) is 12.3 Å². The van der Waals surface area contributed by atoms with Gasteiger partial charge in [-0.3, -0.25) is 0 Å². The normalized spacial score (nSPS) is 12.7. The molecule has 0 amide bonds. The molecule has 0 aliphatic carbocycles. The van der Waals surface area contributed by atoms with Crippen molar-refractivity contribution in [3.63, 3.8) is 0 Å². The molecule has 1 aromatic rings. The Bertz CT molecular complexity index is 286. The van der Waals surface area contributed by atoms with Crippen LogP contribution in [0.25, 0.3) is 0 Å². The van der Waals surface area contributed by atoms with E-state index < -0.39 is 0 Å². The highest BCUT2D eigenvalue weighted by atomic mass is 32.2. The molecule has 1 aromatic carbocycles. The minimum atomic E-state index is -0.188. The van der Waals surface area contributed by atoms with Gasteiger partial charge in [0.15, 0.2) is 0 Å². The fraction of sp³-hybridized carbons (Fsp3) is 0.538. The van der Waals surface area contributed by atoms with Gasteiger partial charge in [-0.1, -0.05) is 26.0 Å². The molecule has 2 nitrogen and oxygen atoms in total. The molecule has 0 radical (unpaired) electrons. The lowest BCUT2D eigenvalue weighted by Crippen LogP contribution is -2.11. The molecule has 0 spiro atoms. The topological polar surface area (TPSA) is 32.3 Å². The molecule has 0 bridgehead atoms. The van der Waals surface area contributed by atoms with Gasteiger partial charge in [-0.05, 0) is 30.7 Å². The monoisotopic (exact) mass is 239 g/mol. The third-order valence-corrected chi connectivity index (χ3v) is 3.57. The molecule has 1 rings (SSSR count). The van der Waals surface area contributed by atoms with Crippen LogP contribution in [-0.2, 0) is 6.54 Å². The van der Waals surface area contributed by atoms with E-state index in [2.05, 4.69) is 36.5 Å². The van der Waals surface area contributed by atoms with Crippen molar-refractivity contribution < 1.29 is 5.11 Å². The van der Waals surface area contributed by atoms with E-state index in [0.29, 0.717) is 0 Å². The summed E-state index contributed by atoms with van der Waals surface area (Å²) >= 11 is 1.72. The van der Waals surface area contributed by atoms with Crippen molar-refractivity contribution in [3.05, 3.63) is 29.8 Å². The molecule has 90 valence electrons. The number of nitrogens with one attached hydrogen (secondary N) is 1. The van der Waals surface area contributed by atoms with E-state index in [0.717, 1.165) is 25.3 Å². The summed E-state index contributed by atoms with van der Waals surface area (Å²) in [6.45, 7) is 6.04. The zero-order chi connectivity index (χ0) is 11.8. The van der Waals surface area contributed by atoms with Gasteiger partial charge in [0, 0.05) is 17.2 Å². The molecular weight excluding hydrogens is 218 g/mol. The lowest BCUT2D eigenvalue weighted by atomic mass is 10.2. The van der Waals surface area contributed by atoms with Crippen LogP contribution in [0.5, 0.6) is 0 Å². The number of aliphatic hydroxyl groups excluding tert-OH is 1. The molecular formula is C13H21NOS. The molecule has 0 heterocycles. The number of thioether (sulfide) groups is 1. The Kier molecular flexibility index (Phi) is 6.53. The van der Waals surface area contributed by atoms with Gasteiger partial charge >= 0.3 is 0 Å². The predicted molar refractivity (Wildman–Crippen MR) is 70.8 cm³/mol. The van der Waals surface area contributed by atoms with Crippen molar-refractivity contribution in [2.24, 2.45) is 0 Å². The SMILES string of the molecule is CCNCc1ccc(SCC(O)CC)cc1. The lowest BCUT2D eigenvalue weighted by molar-refractivity contribution is 0.195. The summed E-state index contributed by atoms with van der Waals surface area (Å²) in [4.78, 5) is 1.23. The number of hydrogen-bond acceptors (Lipinski definition) is 3. The standard InChI is InChI=1S/C13H21NOS/c1-3-12(15)10-16-13-7-5-11(6-8-13)9-14-4-2/h5-8,12,14-15H,3-4,9-10H2,1-2H3. The zero-order valence-corrected chi connectivity index (χ0v) is 10.9. The van der Waals surface area contributed by atoms with Crippen LogP contribution < -0.4 is 5.32 Å². The Balaban J connectivity index is 2.38. The van der Waals surface area contributed by atoms with Crippen LogP contribution in [0, 0.1) is 0 Å². The Morgan fingerprint density at radius 3 is 2.50 bits per heavy atom. The molecule has 0 fully saturated rings. The van der Waals surface area contributed by atoms with Crippen molar-refractivity contribution in [1.82, 2.24) is 5.32 Å². The molecule has 3 heteroatoms. The average molecular weight is 239 g/mol. The summed E-state index contributed by atoms with van der Waals surface area (Å²) in [6, 6.07) is 8.53. The third-order valence-electron chi connectivity index (χ3n) is 2.42. The van der Waals surface area contributed by atoms with Crippen LogP contribution in [0.2, 0.25) is 0 Å². The lowest BCUT2D eigenvalue weighted by Gasteiger charge is -2.07. The van der Waals surface area contributed by atoms with Gasteiger partial charge in [0.25, 0.3) is 0 Å². The van der Waals surface area contributed by atoms with Gasteiger partial charge in [0.1, 0.15) is 0 Å². The highest BCUT2D eigenvalue weighted by molar-refractivity contribution is 7.99. The molecule has 0 aliphatic rings. The van der Waals surface area contributed by atoms with Crippen molar-refractivity contribution in [3.8, 4) is 0 Å². The van der Waals surface area contributed by atoms with E-state index in [4.69, 9.17) is 0 Å². The number of hydrogen-bond donors (Lipinski definition) is 2. The van der Waals surface area contributed by atoms with E-state index >= 15 is 0 Å². The maximum Gasteiger partial charge on any atom is 0.0631 e. The van der Waals surface area contributed by atoms with Crippen LogP contribution in [-0.4, -0.2) is 23.5 Å². The molecule has 1 unspecified atom stereocenters. The summed E-state index contributed by atoms with van der Waals surface area (Å²) < 4.78 is 0. The molecule has 0 saturated carbocycles. The minimum absolute atomic E-state index is 0.188. The zero-order valence-electron chi connectivity index (χ0n) is 10.1. The quantitative estimate of drug-likeness (QED) is 0.718. The first kappa shape index (κ1) is 13.6. The summed E-state index contributed by atoms with van der Waals surface area (Å²) in [5.74, 6) is 0.781. The van der Waals surface area contributed by atoms with Gasteiger partial charge < -0.3 is 10.4 Å². The van der Waals surface area contributed by atoms with Crippen LogP contribution in [0.3, 0.4) is 0 Å². The Morgan fingerprint density at radius 2 is 1.94 bits per heavy atom. The average Bonchev–Trinajstić information content (AvgIpc) is 2.34. The largest absolute Gasteiger partial charge is 0.392 e. The van der Waals surface area contributed by atoms with Gasteiger partial charge in [0.2, 0.25) is 0 Å². The second-order valence-electron chi connectivity index (χ2n) is 3.80. The first-order valence-corrected chi connectivity index (χ1v) is 6.85. The molecule has 0 aromatic heterocycles. The smallest absolute Gasteiger partial charge is 0.0631 e. The van der Waals surface area contributed by atoms with E-state index in [1.54, 1.807) is 11.8 Å². The van der Waals surface area contributed by atoms with E-state index in [1.165, 1.54) is 10.5 Å². The van der Waals surface area contributed by atoms with Crippen LogP contribution in [0.4, 0.5) is 0 Å². The molecule has 0 aliphatic heterocycles. The predicted octanol–water partition coefficient (Wildman–Crippen LogP) is 2.66. The van der Waals surface area contributed by atoms with Crippen molar-refractivity contribution in [2.45, 2.75) is 37.8 Å². The van der Waals surface area contributed by atoms with E-state index in [9.17, 15) is 5.11 Å². The maximum absolute atomic E-state index is 9.46. The molecule has 1 atom stereocenters. The first-order valence-electron chi connectivity index (χ1n) is 5.86. The number of aliphatic hydroxyl groups is 1. The highest BCUT2D eigenvalue weighted by Gasteiger charge is 2.01.